The lowest BCUT2D eigenvalue weighted by Crippen LogP contribution is -2.11. The Kier molecular flexibility index (Phi) is 3.50. The first-order valence-electron chi connectivity index (χ1n) is 4.62. The quantitative estimate of drug-likeness (QED) is 0.758. The van der Waals surface area contributed by atoms with Crippen molar-refractivity contribution in [3.05, 3.63) is 35.4 Å². The van der Waals surface area contributed by atoms with Crippen LogP contribution in [0.1, 0.15) is 24.5 Å². The van der Waals surface area contributed by atoms with Crippen LogP contribution in [0, 0.1) is 0 Å². The zero-order valence-electron chi connectivity index (χ0n) is 8.27. The Morgan fingerprint density at radius 1 is 1.27 bits per heavy atom. The molecule has 0 aliphatic rings. The van der Waals surface area contributed by atoms with E-state index in [1.165, 1.54) is 18.2 Å². The number of carbonyl (C=O) groups excluding carboxylic acids is 1. The van der Waals surface area contributed by atoms with Gasteiger partial charge in [-0.15, -0.1) is 0 Å². The minimum absolute atomic E-state index is 0.0526. The Bertz CT molecular complexity index is 355. The summed E-state index contributed by atoms with van der Waals surface area (Å²) < 4.78 is 37.5. The molecule has 1 aromatic rings. The van der Waals surface area contributed by atoms with Crippen molar-refractivity contribution in [2.24, 2.45) is 0 Å². The minimum atomic E-state index is -4.38. The van der Waals surface area contributed by atoms with Gasteiger partial charge in [-0.1, -0.05) is 25.1 Å². The van der Waals surface area contributed by atoms with Gasteiger partial charge in [-0.25, -0.2) is 0 Å². The van der Waals surface area contributed by atoms with Crippen LogP contribution in [0.4, 0.5) is 13.2 Å². The maximum atomic E-state index is 12.5. The van der Waals surface area contributed by atoms with Gasteiger partial charge in [0.25, 0.3) is 0 Å². The molecule has 0 unspecified atom stereocenters. The molecule has 0 spiro atoms. The number of Topliss-reactive ketones (excluding diaryl/α,β-unsaturated/α-hetero) is 1. The smallest absolute Gasteiger partial charge is 0.299 e. The Balaban J connectivity index is 3.02. The number of hydrogen-bond acceptors (Lipinski definition) is 1. The zero-order chi connectivity index (χ0) is 11.5. The average Bonchev–Trinajstić information content (AvgIpc) is 2.17. The van der Waals surface area contributed by atoms with Crippen molar-refractivity contribution in [1.29, 1.82) is 0 Å². The molecule has 82 valence electrons. The summed E-state index contributed by atoms with van der Waals surface area (Å²) in [6, 6.07) is 5.17. The third kappa shape index (κ3) is 3.08. The first kappa shape index (κ1) is 11.8. The van der Waals surface area contributed by atoms with Crippen molar-refractivity contribution in [2.75, 3.05) is 0 Å². The molecule has 1 rings (SSSR count). The molecule has 0 fully saturated rings. The van der Waals surface area contributed by atoms with Crippen molar-refractivity contribution in [3.8, 4) is 0 Å². The van der Waals surface area contributed by atoms with Crippen LogP contribution in [0.5, 0.6) is 0 Å². The van der Waals surface area contributed by atoms with Gasteiger partial charge in [0.15, 0.2) is 0 Å². The predicted octanol–water partition coefficient (Wildman–Crippen LogP) is 3.23. The van der Waals surface area contributed by atoms with E-state index in [0.717, 1.165) is 6.07 Å². The lowest BCUT2D eigenvalue weighted by atomic mass is 10.0. The van der Waals surface area contributed by atoms with E-state index in [9.17, 15) is 18.0 Å². The Hall–Kier alpha value is -1.32. The van der Waals surface area contributed by atoms with Gasteiger partial charge < -0.3 is 0 Å². The number of hydrogen-bond donors (Lipinski definition) is 0. The van der Waals surface area contributed by atoms with Crippen molar-refractivity contribution in [1.82, 2.24) is 0 Å². The fourth-order valence-corrected chi connectivity index (χ4v) is 1.29. The third-order valence-corrected chi connectivity index (χ3v) is 2.10. The van der Waals surface area contributed by atoms with Crippen LogP contribution < -0.4 is 0 Å². The number of alkyl halides is 3. The lowest BCUT2D eigenvalue weighted by Gasteiger charge is -2.11. The molecule has 0 radical (unpaired) electrons. The summed E-state index contributed by atoms with van der Waals surface area (Å²) in [7, 11) is 0. The largest absolute Gasteiger partial charge is 0.416 e. The van der Waals surface area contributed by atoms with Crippen molar-refractivity contribution in [3.63, 3.8) is 0 Å². The van der Waals surface area contributed by atoms with Crippen molar-refractivity contribution in [2.45, 2.75) is 25.9 Å². The standard InChI is InChI=1S/C11H11F3O/c1-2-9(15)7-8-5-3-4-6-10(8)11(12,13)14/h3-6H,2,7H2,1H3. The van der Waals surface area contributed by atoms with E-state index < -0.39 is 11.7 Å². The van der Waals surface area contributed by atoms with Gasteiger partial charge >= 0.3 is 6.18 Å². The fraction of sp³-hybridized carbons (Fsp3) is 0.364. The maximum Gasteiger partial charge on any atom is 0.416 e. The molecule has 0 aliphatic heterocycles. The average molecular weight is 216 g/mol. The second kappa shape index (κ2) is 4.47. The third-order valence-electron chi connectivity index (χ3n) is 2.10. The number of halogens is 3. The van der Waals surface area contributed by atoms with Gasteiger partial charge in [0, 0.05) is 12.8 Å². The van der Waals surface area contributed by atoms with Crippen molar-refractivity contribution < 1.29 is 18.0 Å². The molecule has 0 bridgehead atoms. The van der Waals surface area contributed by atoms with Gasteiger partial charge in [0.2, 0.25) is 0 Å². The van der Waals surface area contributed by atoms with Gasteiger partial charge in [-0.2, -0.15) is 13.2 Å². The summed E-state index contributed by atoms with van der Waals surface area (Å²) in [4.78, 5) is 11.1. The Morgan fingerprint density at radius 2 is 1.87 bits per heavy atom. The minimum Gasteiger partial charge on any atom is -0.299 e. The maximum absolute atomic E-state index is 12.5. The number of rotatable bonds is 3. The van der Waals surface area contributed by atoms with Gasteiger partial charge in [-0.05, 0) is 11.6 Å². The van der Waals surface area contributed by atoms with Crippen LogP contribution in [0.25, 0.3) is 0 Å². The summed E-state index contributed by atoms with van der Waals surface area (Å²) in [6.45, 7) is 1.64. The molecule has 0 atom stereocenters. The molecule has 0 saturated heterocycles. The first-order valence-corrected chi connectivity index (χ1v) is 4.62. The summed E-state index contributed by atoms with van der Waals surface area (Å²) >= 11 is 0. The Morgan fingerprint density at radius 3 is 2.40 bits per heavy atom. The topological polar surface area (TPSA) is 17.1 Å². The number of benzene rings is 1. The summed E-state index contributed by atoms with van der Waals surface area (Å²) in [6.07, 6.45) is -4.27. The van der Waals surface area contributed by atoms with E-state index in [2.05, 4.69) is 0 Å². The molecular weight excluding hydrogens is 205 g/mol. The van der Waals surface area contributed by atoms with Gasteiger partial charge in [0.05, 0.1) is 5.56 Å². The Labute approximate surface area is 85.9 Å². The highest BCUT2D eigenvalue weighted by molar-refractivity contribution is 5.80. The molecule has 0 aromatic heterocycles. The molecular formula is C11H11F3O. The molecule has 0 N–H and O–H groups in total. The van der Waals surface area contributed by atoms with Crippen LogP contribution in [0.3, 0.4) is 0 Å². The van der Waals surface area contributed by atoms with Crippen LogP contribution in [-0.4, -0.2) is 5.78 Å². The molecule has 4 heteroatoms. The van der Waals surface area contributed by atoms with E-state index in [1.54, 1.807) is 6.92 Å². The molecule has 0 amide bonds. The highest BCUT2D eigenvalue weighted by Gasteiger charge is 2.32. The fourth-order valence-electron chi connectivity index (χ4n) is 1.29. The normalized spacial score (nSPS) is 11.5. The molecule has 1 nitrogen and oxygen atoms in total. The lowest BCUT2D eigenvalue weighted by molar-refractivity contribution is -0.138. The van der Waals surface area contributed by atoms with E-state index in [-0.39, 0.29) is 24.2 Å². The summed E-state index contributed by atoms with van der Waals surface area (Å²) in [5, 5.41) is 0. The second-order valence-electron chi connectivity index (χ2n) is 3.22. The summed E-state index contributed by atoms with van der Waals surface area (Å²) in [5.74, 6) is -0.188. The molecule has 0 heterocycles. The van der Waals surface area contributed by atoms with Crippen LogP contribution in [0.15, 0.2) is 24.3 Å². The first-order chi connectivity index (χ1) is 6.95. The monoisotopic (exact) mass is 216 g/mol. The molecule has 15 heavy (non-hydrogen) atoms. The molecule has 1 aromatic carbocycles. The highest BCUT2D eigenvalue weighted by atomic mass is 19.4. The van der Waals surface area contributed by atoms with E-state index in [0.29, 0.717) is 0 Å². The van der Waals surface area contributed by atoms with Gasteiger partial charge in [0.1, 0.15) is 5.78 Å². The van der Waals surface area contributed by atoms with Crippen LogP contribution >= 0.6 is 0 Å². The highest BCUT2D eigenvalue weighted by Crippen LogP contribution is 2.32. The SMILES string of the molecule is CCC(=O)Cc1ccccc1C(F)(F)F. The second-order valence-corrected chi connectivity index (χ2v) is 3.22. The zero-order valence-corrected chi connectivity index (χ0v) is 8.27. The number of ketones is 1. The van der Waals surface area contributed by atoms with E-state index in [4.69, 9.17) is 0 Å². The van der Waals surface area contributed by atoms with Crippen LogP contribution in [0.2, 0.25) is 0 Å². The number of carbonyl (C=O) groups is 1. The summed E-state index contributed by atoms with van der Waals surface area (Å²) in [5.41, 5.74) is -0.663. The molecule has 0 aliphatic carbocycles. The molecule has 0 saturated carbocycles. The van der Waals surface area contributed by atoms with E-state index >= 15 is 0 Å². The van der Waals surface area contributed by atoms with Crippen LogP contribution in [-0.2, 0) is 17.4 Å². The predicted molar refractivity (Wildman–Crippen MR) is 50.4 cm³/mol. The van der Waals surface area contributed by atoms with Gasteiger partial charge in [-0.3, -0.25) is 4.79 Å². The van der Waals surface area contributed by atoms with Crippen molar-refractivity contribution >= 4 is 5.78 Å². The van der Waals surface area contributed by atoms with E-state index in [1.807, 2.05) is 0 Å².